The summed E-state index contributed by atoms with van der Waals surface area (Å²) >= 11 is 1.32. The van der Waals surface area contributed by atoms with E-state index < -0.39 is 17.7 Å². The minimum Gasteiger partial charge on any atom is -0.497 e. The van der Waals surface area contributed by atoms with Crippen molar-refractivity contribution in [1.82, 2.24) is 5.32 Å². The highest BCUT2D eigenvalue weighted by atomic mass is 32.2. The number of nitrogens with one attached hydrogen (secondary N) is 3. The first kappa shape index (κ1) is 29.6. The van der Waals surface area contributed by atoms with E-state index in [1.165, 1.54) is 11.8 Å². The number of amides is 4. The van der Waals surface area contributed by atoms with Crippen molar-refractivity contribution < 1.29 is 23.9 Å². The summed E-state index contributed by atoms with van der Waals surface area (Å²) in [6.07, 6.45) is 1.58. The molecular weight excluding hydrogens is 552 g/mol. The van der Waals surface area contributed by atoms with Gasteiger partial charge in [0, 0.05) is 27.4 Å². The molecule has 212 valence electrons. The first-order chi connectivity index (χ1) is 20.3. The van der Waals surface area contributed by atoms with Gasteiger partial charge in [-0.15, -0.1) is 11.8 Å². The van der Waals surface area contributed by atoms with Crippen molar-refractivity contribution in [2.24, 2.45) is 5.73 Å². The Labute approximate surface area is 247 Å². The Hall–Kier alpha value is -5.35. The number of primary amides is 1. The Morgan fingerprint density at radius 3 is 2.00 bits per heavy atom. The van der Waals surface area contributed by atoms with Gasteiger partial charge in [0.15, 0.2) is 0 Å². The summed E-state index contributed by atoms with van der Waals surface area (Å²) in [6.45, 7) is 0. The highest BCUT2D eigenvalue weighted by Crippen LogP contribution is 2.22. The predicted octanol–water partition coefficient (Wildman–Crippen LogP) is 4.93. The van der Waals surface area contributed by atoms with E-state index in [1.807, 2.05) is 0 Å². The third kappa shape index (κ3) is 8.57. The minimum absolute atomic E-state index is 0.0630. The van der Waals surface area contributed by atoms with Gasteiger partial charge in [-0.25, -0.2) is 0 Å². The van der Waals surface area contributed by atoms with Gasteiger partial charge in [-0.05, 0) is 84.4 Å². The normalized spacial score (nSPS) is 10.8. The average Bonchev–Trinajstić information content (AvgIpc) is 3.01. The number of hydrogen-bond donors (Lipinski definition) is 4. The molecule has 0 fully saturated rings. The highest BCUT2D eigenvalue weighted by molar-refractivity contribution is 8.00. The topological polar surface area (TPSA) is 140 Å². The molecule has 0 aromatic heterocycles. The van der Waals surface area contributed by atoms with Crippen LogP contribution in [-0.4, -0.2) is 36.5 Å². The van der Waals surface area contributed by atoms with Crippen LogP contribution in [0.1, 0.15) is 26.3 Å². The van der Waals surface area contributed by atoms with Crippen LogP contribution in [0.3, 0.4) is 0 Å². The molecule has 0 aliphatic heterocycles. The van der Waals surface area contributed by atoms with Gasteiger partial charge in [-0.2, -0.15) is 0 Å². The molecule has 5 N–H and O–H groups in total. The van der Waals surface area contributed by atoms with Crippen LogP contribution in [0.2, 0.25) is 0 Å². The molecule has 42 heavy (non-hydrogen) atoms. The molecule has 4 aromatic rings. The lowest BCUT2D eigenvalue weighted by atomic mass is 10.1. The van der Waals surface area contributed by atoms with E-state index in [9.17, 15) is 19.2 Å². The number of ether oxygens (including phenoxy) is 1. The molecule has 0 aliphatic carbocycles. The fraction of sp³-hybridized carbons (Fsp3) is 0.0625. The lowest BCUT2D eigenvalue weighted by Crippen LogP contribution is -2.30. The van der Waals surface area contributed by atoms with Crippen molar-refractivity contribution in [2.75, 3.05) is 23.5 Å². The number of rotatable bonds is 11. The Balaban J connectivity index is 1.38. The maximum atomic E-state index is 13.2. The van der Waals surface area contributed by atoms with Gasteiger partial charge in [0.05, 0.1) is 12.9 Å². The quantitative estimate of drug-likeness (QED) is 0.146. The molecule has 0 bridgehead atoms. The molecule has 0 radical (unpaired) electrons. The van der Waals surface area contributed by atoms with Crippen molar-refractivity contribution in [2.45, 2.75) is 4.90 Å². The van der Waals surface area contributed by atoms with Gasteiger partial charge < -0.3 is 26.4 Å². The van der Waals surface area contributed by atoms with Crippen LogP contribution in [0.5, 0.6) is 5.75 Å². The van der Waals surface area contributed by atoms with Crippen molar-refractivity contribution >= 4 is 52.8 Å². The summed E-state index contributed by atoms with van der Waals surface area (Å²) in [5.41, 5.74) is 7.84. The third-order valence-electron chi connectivity index (χ3n) is 5.89. The van der Waals surface area contributed by atoms with Crippen LogP contribution in [0, 0.1) is 0 Å². The van der Waals surface area contributed by atoms with E-state index in [1.54, 1.807) is 116 Å². The SMILES string of the molecule is COc1ccc(/C=C(\NC(=O)c2ccccc2)C(=O)Nc2ccc(SCC(=O)Nc3ccc(C(N)=O)cc3)cc2)cc1. The van der Waals surface area contributed by atoms with Crippen LogP contribution >= 0.6 is 11.8 Å². The fourth-order valence-corrected chi connectivity index (χ4v) is 4.40. The highest BCUT2D eigenvalue weighted by Gasteiger charge is 2.15. The standard InChI is InChI=1S/C32H28N4O5S/c1-41-26-15-7-21(8-16-26)19-28(36-31(39)23-5-3-2-4-6-23)32(40)35-25-13-17-27(18-14-25)42-20-29(37)34-24-11-9-22(10-12-24)30(33)38/h2-19H,20H2,1H3,(H2,33,38)(H,34,37)(H,35,40)(H,36,39)/b28-19-. The lowest BCUT2D eigenvalue weighted by molar-refractivity contribution is -0.114. The molecule has 4 amide bonds. The van der Waals surface area contributed by atoms with Crippen molar-refractivity contribution in [3.63, 3.8) is 0 Å². The lowest BCUT2D eigenvalue weighted by Gasteiger charge is -2.12. The number of methoxy groups -OCH3 is 1. The predicted molar refractivity (Wildman–Crippen MR) is 164 cm³/mol. The van der Waals surface area contributed by atoms with E-state index >= 15 is 0 Å². The van der Waals surface area contributed by atoms with Crippen LogP contribution in [0.25, 0.3) is 6.08 Å². The molecule has 10 heteroatoms. The smallest absolute Gasteiger partial charge is 0.272 e. The van der Waals surface area contributed by atoms with E-state index in [-0.39, 0.29) is 17.4 Å². The fourth-order valence-electron chi connectivity index (χ4n) is 3.71. The number of nitrogens with two attached hydrogens (primary N) is 1. The maximum Gasteiger partial charge on any atom is 0.272 e. The summed E-state index contributed by atoms with van der Waals surface area (Å²) in [7, 11) is 1.57. The molecule has 9 nitrogen and oxygen atoms in total. The van der Waals surface area contributed by atoms with Crippen LogP contribution in [0.4, 0.5) is 11.4 Å². The van der Waals surface area contributed by atoms with Crippen LogP contribution in [-0.2, 0) is 9.59 Å². The number of carbonyl (C=O) groups excluding carboxylic acids is 4. The number of benzene rings is 4. The Bertz CT molecular complexity index is 1590. The van der Waals surface area contributed by atoms with Crippen molar-refractivity contribution in [3.05, 3.63) is 126 Å². The van der Waals surface area contributed by atoms with Gasteiger partial charge >= 0.3 is 0 Å². The molecule has 4 aromatic carbocycles. The largest absolute Gasteiger partial charge is 0.497 e. The molecular formula is C32H28N4O5S. The maximum absolute atomic E-state index is 13.2. The zero-order valence-corrected chi connectivity index (χ0v) is 23.4. The monoisotopic (exact) mass is 580 g/mol. The van der Waals surface area contributed by atoms with E-state index in [4.69, 9.17) is 10.5 Å². The van der Waals surface area contributed by atoms with Gasteiger partial charge in [-0.3, -0.25) is 19.2 Å². The number of hydrogen-bond acceptors (Lipinski definition) is 6. The second-order valence-corrected chi connectivity index (χ2v) is 9.96. The van der Waals surface area contributed by atoms with Crippen molar-refractivity contribution in [3.8, 4) is 5.75 Å². The summed E-state index contributed by atoms with van der Waals surface area (Å²) in [5, 5.41) is 8.29. The second kappa shape index (κ2) is 14.3. The van der Waals surface area contributed by atoms with Gasteiger partial charge in [0.1, 0.15) is 11.4 Å². The number of thioether (sulfide) groups is 1. The van der Waals surface area contributed by atoms with Crippen LogP contribution < -0.4 is 26.4 Å². The van der Waals surface area contributed by atoms with Gasteiger partial charge in [0.25, 0.3) is 11.8 Å². The third-order valence-corrected chi connectivity index (χ3v) is 6.90. The first-order valence-electron chi connectivity index (χ1n) is 12.8. The zero-order valence-electron chi connectivity index (χ0n) is 22.6. The van der Waals surface area contributed by atoms with E-state index in [0.717, 1.165) is 4.90 Å². The van der Waals surface area contributed by atoms with E-state index in [0.29, 0.717) is 33.8 Å². The van der Waals surface area contributed by atoms with Gasteiger partial charge in [-0.1, -0.05) is 30.3 Å². The number of anilines is 2. The second-order valence-electron chi connectivity index (χ2n) is 8.91. The summed E-state index contributed by atoms with van der Waals surface area (Å²) < 4.78 is 5.19. The molecule has 0 saturated heterocycles. The first-order valence-corrected chi connectivity index (χ1v) is 13.8. The molecule has 0 aliphatic rings. The average molecular weight is 581 g/mol. The molecule has 0 unspecified atom stereocenters. The summed E-state index contributed by atoms with van der Waals surface area (Å²) in [6, 6.07) is 29.0. The molecule has 0 atom stereocenters. The Kier molecular flexibility index (Phi) is 10.1. The Morgan fingerprint density at radius 2 is 1.38 bits per heavy atom. The number of carbonyl (C=O) groups is 4. The molecule has 0 saturated carbocycles. The molecule has 4 rings (SSSR count). The molecule has 0 spiro atoms. The minimum atomic E-state index is -0.538. The summed E-state index contributed by atoms with van der Waals surface area (Å²) in [5.74, 6) is -0.850. The van der Waals surface area contributed by atoms with Crippen LogP contribution in [0.15, 0.2) is 114 Å². The van der Waals surface area contributed by atoms with Crippen molar-refractivity contribution in [1.29, 1.82) is 0 Å². The molecule has 0 heterocycles. The Morgan fingerprint density at radius 1 is 0.762 bits per heavy atom. The van der Waals surface area contributed by atoms with Gasteiger partial charge in [0.2, 0.25) is 11.8 Å². The zero-order chi connectivity index (χ0) is 29.9. The van der Waals surface area contributed by atoms with E-state index in [2.05, 4.69) is 16.0 Å². The summed E-state index contributed by atoms with van der Waals surface area (Å²) in [4.78, 5) is 50.4.